The number of hydrogen-bond donors (Lipinski definition) is 0. The Morgan fingerprint density at radius 2 is 0.747 bits per heavy atom. The van der Waals surface area contributed by atoms with E-state index in [1.54, 1.807) is 56.9 Å². The maximum Gasteiger partial charge on any atom is 0.322 e. The number of unbranched alkanes of at least 4 members (excludes halogenated alkanes) is 2. The Kier molecular flexibility index (Phi) is 22.3. The first kappa shape index (κ1) is 66.0. The molecule has 20 heteroatoms. The second kappa shape index (κ2) is 29.4. The zero-order chi connectivity index (χ0) is 62.7. The van der Waals surface area contributed by atoms with E-state index in [4.69, 9.17) is 93.8 Å². The first-order valence-electron chi connectivity index (χ1n) is 28.7. The van der Waals surface area contributed by atoms with Crippen LogP contribution in [0.15, 0.2) is 97.1 Å². The Balaban J connectivity index is 1.00. The lowest BCUT2D eigenvalue weighted by Crippen LogP contribution is -2.56. The van der Waals surface area contributed by atoms with Gasteiger partial charge in [-0.2, -0.15) is 0 Å². The van der Waals surface area contributed by atoms with Crippen LogP contribution < -0.4 is 37.9 Å². The molecule has 0 saturated carbocycles. The Labute approximate surface area is 529 Å². The van der Waals surface area contributed by atoms with Gasteiger partial charge in [0, 0.05) is 68.0 Å². The van der Waals surface area contributed by atoms with Gasteiger partial charge in [-0.1, -0.05) is 58.5 Å². The van der Waals surface area contributed by atoms with Crippen LogP contribution in [-0.2, 0) is 44.7 Å². The predicted octanol–water partition coefficient (Wildman–Crippen LogP) is 12.9. The molecule has 6 atom stereocenters. The van der Waals surface area contributed by atoms with Gasteiger partial charge >= 0.3 is 11.9 Å². The normalized spacial score (nSPS) is 18.4. The summed E-state index contributed by atoms with van der Waals surface area (Å²) < 4.78 is 58.1. The number of hydrogen-bond acceptors (Lipinski definition) is 14. The van der Waals surface area contributed by atoms with E-state index in [2.05, 4.69) is 0 Å². The third-order valence-electron chi connectivity index (χ3n) is 17.0. The van der Waals surface area contributed by atoms with Crippen molar-refractivity contribution >= 4 is 69.9 Å². The van der Waals surface area contributed by atoms with Gasteiger partial charge in [0.25, 0.3) is 0 Å². The molecule has 0 radical (unpaired) electrons. The molecule has 2 heterocycles. The van der Waals surface area contributed by atoms with Crippen molar-refractivity contribution in [1.82, 2.24) is 0 Å². The van der Waals surface area contributed by atoms with Gasteiger partial charge in [0.15, 0.2) is 69.4 Å². The molecule has 16 nitrogen and oxygen atoms in total. The summed E-state index contributed by atoms with van der Waals surface area (Å²) in [6.45, 7) is 1.19. The van der Waals surface area contributed by atoms with Crippen molar-refractivity contribution in [3.8, 4) is 46.0 Å². The summed E-state index contributed by atoms with van der Waals surface area (Å²) in [4.78, 5) is 58.9. The number of methoxy groups -OCH3 is 8. The van der Waals surface area contributed by atoms with Crippen LogP contribution in [-0.4, -0.2) is 143 Å². The van der Waals surface area contributed by atoms with E-state index < -0.39 is 35.3 Å². The quantitative estimate of drug-likeness (QED) is 0.0150. The van der Waals surface area contributed by atoms with Crippen molar-refractivity contribution in [2.45, 2.75) is 57.0 Å². The van der Waals surface area contributed by atoms with E-state index in [1.165, 1.54) is 36.4 Å². The maximum absolute atomic E-state index is 14.8. The number of rotatable bonds is 28. The lowest BCUT2D eigenvalue weighted by Gasteiger charge is -2.47. The third-order valence-corrected chi connectivity index (χ3v) is 17.9. The fraction of sp³-hybridized carbons (Fsp3) is 0.403. The van der Waals surface area contributed by atoms with Gasteiger partial charge in [-0.15, -0.1) is 0 Å². The summed E-state index contributed by atoms with van der Waals surface area (Å²) in [5.41, 5.74) is 6.32. The van der Waals surface area contributed by atoms with Gasteiger partial charge in [-0.3, -0.25) is 19.2 Å². The Morgan fingerprint density at radius 3 is 1.08 bits per heavy atom. The summed E-state index contributed by atoms with van der Waals surface area (Å²) in [5, 5.41) is 0.976. The van der Waals surface area contributed by atoms with Crippen molar-refractivity contribution < 1.29 is 75.5 Å². The zero-order valence-electron chi connectivity index (χ0n) is 50.9. The summed E-state index contributed by atoms with van der Waals surface area (Å²) in [7, 11) is 16.8. The van der Waals surface area contributed by atoms with E-state index in [0.717, 1.165) is 33.4 Å². The van der Waals surface area contributed by atoms with E-state index in [1.807, 2.05) is 74.8 Å². The van der Waals surface area contributed by atoms with E-state index in [9.17, 15) is 19.2 Å². The average molecular weight is 1280 g/mol. The van der Waals surface area contributed by atoms with Crippen LogP contribution in [0.25, 0.3) is 0 Å². The summed E-state index contributed by atoms with van der Waals surface area (Å²) >= 11 is 25.9. The minimum atomic E-state index is -1.27. The smallest absolute Gasteiger partial charge is 0.322 e. The van der Waals surface area contributed by atoms with Gasteiger partial charge in [0.05, 0.1) is 97.3 Å². The number of Topliss-reactive ketones (excluding diaryl/α,β-unsaturated/α-hetero) is 2. The molecule has 6 aromatic carbocycles. The lowest BCUT2D eigenvalue weighted by atomic mass is 9.84. The Bertz CT molecular complexity index is 3220. The molecule has 0 fully saturated rings. The first-order valence-corrected chi connectivity index (χ1v) is 30.2. The summed E-state index contributed by atoms with van der Waals surface area (Å²) in [5.74, 6) is -0.335. The molecule has 0 aliphatic carbocycles. The summed E-state index contributed by atoms with van der Waals surface area (Å²) in [6, 6.07) is 28.0. The van der Waals surface area contributed by atoms with Crippen molar-refractivity contribution in [3.63, 3.8) is 0 Å². The number of fused-ring (bicyclic) bond motifs is 2. The molecule has 0 saturated heterocycles. The molecule has 6 aromatic rings. The predicted molar refractivity (Wildman–Crippen MR) is 335 cm³/mol. The standard InChI is InChI=1S/C67H76Cl4N2O14/c1-72(20-18-42-32-60(82-7)62(84-9)36-50(42)54(72)24-40-14-16-56(78-3)58(26-40)80-5)38-52(64(74)44-28-46(68)34-47(69)29-44)66(76)86-22-12-11-13-23-87-67(77)53(65(75)45-30-48(70)35-49(71)31-45)39-73(2)21-19-43-33-61(83-8)63(85-10)37-51(43)55(73)25-41-15-17-57(79-4)59(27-41)81-6/h14-17,26-37,52-55H,11-13,18-25,38-39H2,1-10H3/q+2. The Hall–Kier alpha value is -6.92. The van der Waals surface area contributed by atoms with E-state index in [0.29, 0.717) is 104 Å². The SMILES string of the molecule is COc1ccc(CC2c3cc(OC)c(OC)cc3CC[N+]2(C)CC(C(=O)OCCCCCOC(=O)C(C[N+]2(C)CCc3cc(OC)c(OC)cc3C2Cc2ccc(OC)c(OC)c2)C(=O)c2cc(Cl)cc(Cl)c2)C(=O)c2cc(Cl)cc(Cl)c2)cc1OC. The lowest BCUT2D eigenvalue weighted by molar-refractivity contribution is -0.942. The number of ketones is 2. The molecule has 87 heavy (non-hydrogen) atoms. The van der Waals surface area contributed by atoms with Crippen LogP contribution in [0, 0.1) is 11.8 Å². The topological polar surface area (TPSA) is 161 Å². The first-order chi connectivity index (χ1) is 41.7. The molecule has 2 aliphatic heterocycles. The van der Waals surface area contributed by atoms with Crippen molar-refractivity contribution in [3.05, 3.63) is 162 Å². The molecule has 0 N–H and O–H groups in total. The number of ether oxygens (including phenoxy) is 10. The number of esters is 2. The molecular weight excluding hydrogens is 1200 g/mol. The number of nitrogens with zero attached hydrogens (tertiary/aromatic N) is 2. The minimum absolute atomic E-state index is 0.0302. The number of likely N-dealkylation sites (N-methyl/N-ethyl adjacent to an activating group) is 2. The fourth-order valence-electron chi connectivity index (χ4n) is 12.3. The number of carbonyl (C=O) groups excluding carboxylic acids is 4. The second-order valence-corrected chi connectivity index (χ2v) is 24.2. The molecule has 2 aliphatic rings. The summed E-state index contributed by atoms with van der Waals surface area (Å²) in [6.07, 6.45) is 3.43. The number of carbonyl (C=O) groups is 4. The van der Waals surface area contributed by atoms with Crippen LogP contribution in [0.3, 0.4) is 0 Å². The second-order valence-electron chi connectivity index (χ2n) is 22.4. The fourth-order valence-corrected chi connectivity index (χ4v) is 13.4. The zero-order valence-corrected chi connectivity index (χ0v) is 53.9. The highest BCUT2D eigenvalue weighted by molar-refractivity contribution is 6.36. The molecule has 0 spiro atoms. The highest BCUT2D eigenvalue weighted by atomic mass is 35.5. The van der Waals surface area contributed by atoms with Crippen molar-refractivity contribution in [2.24, 2.45) is 11.8 Å². The third kappa shape index (κ3) is 15.3. The van der Waals surface area contributed by atoms with Gasteiger partial charge in [-0.05, 0) is 126 Å². The monoisotopic (exact) mass is 1270 g/mol. The van der Waals surface area contributed by atoms with E-state index in [-0.39, 0.29) is 78.6 Å². The Morgan fingerprint density at radius 1 is 0.425 bits per heavy atom. The molecule has 0 bridgehead atoms. The van der Waals surface area contributed by atoms with Crippen LogP contribution in [0.2, 0.25) is 20.1 Å². The molecule has 464 valence electrons. The maximum atomic E-state index is 14.8. The highest BCUT2D eigenvalue weighted by Crippen LogP contribution is 2.46. The van der Waals surface area contributed by atoms with Crippen LogP contribution >= 0.6 is 46.4 Å². The molecule has 0 amide bonds. The van der Waals surface area contributed by atoms with Crippen molar-refractivity contribution in [2.75, 3.05) is 110 Å². The van der Waals surface area contributed by atoms with Gasteiger partial charge in [0.1, 0.15) is 25.2 Å². The van der Waals surface area contributed by atoms with Gasteiger partial charge in [-0.25, -0.2) is 0 Å². The largest absolute Gasteiger partial charge is 0.493 e. The highest BCUT2D eigenvalue weighted by Gasteiger charge is 2.48. The molecule has 8 rings (SSSR count). The average Bonchev–Trinajstić information content (AvgIpc) is 0.878. The van der Waals surface area contributed by atoms with Crippen LogP contribution in [0.1, 0.15) is 85.4 Å². The minimum Gasteiger partial charge on any atom is -0.493 e. The number of quaternary nitrogens is 2. The molecule has 0 aromatic heterocycles. The molecular formula is C67H76Cl4N2O14+2. The van der Waals surface area contributed by atoms with Crippen LogP contribution in [0.4, 0.5) is 0 Å². The van der Waals surface area contributed by atoms with Gasteiger partial charge in [0.2, 0.25) is 0 Å². The van der Waals surface area contributed by atoms with E-state index >= 15 is 0 Å². The molecule has 6 unspecified atom stereocenters. The number of halogens is 4. The van der Waals surface area contributed by atoms with Gasteiger partial charge < -0.3 is 56.3 Å². The number of benzene rings is 6. The van der Waals surface area contributed by atoms with Crippen LogP contribution in [0.5, 0.6) is 46.0 Å². The van der Waals surface area contributed by atoms with Crippen molar-refractivity contribution in [1.29, 1.82) is 0 Å².